The van der Waals surface area contributed by atoms with Crippen LogP contribution in [0.3, 0.4) is 0 Å². The third-order valence-corrected chi connectivity index (χ3v) is 6.95. The van der Waals surface area contributed by atoms with Gasteiger partial charge in [-0.05, 0) is 64.3 Å². The minimum atomic E-state index is -3.58. The van der Waals surface area contributed by atoms with Crippen molar-refractivity contribution < 1.29 is 22.7 Å². The Kier molecular flexibility index (Phi) is 9.93. The van der Waals surface area contributed by atoms with Gasteiger partial charge in [0.2, 0.25) is 21.8 Å². The topological polar surface area (TPSA) is 96.0 Å². The number of hydrogen-bond acceptors (Lipinski definition) is 5. The van der Waals surface area contributed by atoms with Crippen molar-refractivity contribution in [3.05, 3.63) is 59.7 Å². The van der Waals surface area contributed by atoms with E-state index >= 15 is 0 Å². The first-order valence-corrected chi connectivity index (χ1v) is 13.9. The van der Waals surface area contributed by atoms with Crippen LogP contribution in [0.5, 0.6) is 5.75 Å². The van der Waals surface area contributed by atoms with E-state index in [0.717, 1.165) is 17.4 Å². The first-order chi connectivity index (χ1) is 16.7. The number of anilines is 1. The number of nitrogens with zero attached hydrogens (tertiary/aromatic N) is 2. The first-order valence-electron chi connectivity index (χ1n) is 12.0. The lowest BCUT2D eigenvalue weighted by molar-refractivity contribution is -0.141. The SMILES string of the molecule is COc1cccc(N(CCCC(=O)N(Cc2ccccc2C)[C@H](C)C(=O)NC(C)(C)C)S(C)(=O)=O)c1. The van der Waals surface area contributed by atoms with Gasteiger partial charge in [-0.25, -0.2) is 8.42 Å². The second-order valence-electron chi connectivity index (χ2n) is 10.0. The van der Waals surface area contributed by atoms with E-state index in [2.05, 4.69) is 5.32 Å². The fourth-order valence-corrected chi connectivity index (χ4v) is 4.75. The second kappa shape index (κ2) is 12.3. The van der Waals surface area contributed by atoms with Gasteiger partial charge in [0.25, 0.3) is 0 Å². The summed E-state index contributed by atoms with van der Waals surface area (Å²) < 4.78 is 31.5. The molecule has 1 atom stereocenters. The van der Waals surface area contributed by atoms with E-state index in [0.29, 0.717) is 17.9 Å². The number of rotatable bonds is 11. The molecule has 0 spiro atoms. The molecule has 0 aliphatic heterocycles. The molecule has 0 bridgehead atoms. The molecule has 0 aliphatic rings. The lowest BCUT2D eigenvalue weighted by Crippen LogP contribution is -2.52. The maximum atomic E-state index is 13.4. The van der Waals surface area contributed by atoms with Crippen LogP contribution in [0.25, 0.3) is 0 Å². The Morgan fingerprint density at radius 3 is 2.33 bits per heavy atom. The summed E-state index contributed by atoms with van der Waals surface area (Å²) in [7, 11) is -2.06. The smallest absolute Gasteiger partial charge is 0.242 e. The van der Waals surface area contributed by atoms with E-state index in [-0.39, 0.29) is 31.3 Å². The van der Waals surface area contributed by atoms with Crippen LogP contribution in [0.15, 0.2) is 48.5 Å². The number of carbonyl (C=O) groups is 2. The Bertz CT molecular complexity index is 1160. The average molecular weight is 518 g/mol. The highest BCUT2D eigenvalue weighted by atomic mass is 32.2. The Morgan fingerprint density at radius 1 is 1.08 bits per heavy atom. The molecule has 9 heteroatoms. The largest absolute Gasteiger partial charge is 0.497 e. The van der Waals surface area contributed by atoms with Crippen molar-refractivity contribution in [1.82, 2.24) is 10.2 Å². The first kappa shape index (κ1) is 29.2. The minimum Gasteiger partial charge on any atom is -0.497 e. The van der Waals surface area contributed by atoms with Crippen LogP contribution in [-0.2, 0) is 26.2 Å². The predicted octanol–water partition coefficient (Wildman–Crippen LogP) is 3.88. The van der Waals surface area contributed by atoms with Crippen LogP contribution < -0.4 is 14.4 Å². The van der Waals surface area contributed by atoms with Gasteiger partial charge in [-0.15, -0.1) is 0 Å². The van der Waals surface area contributed by atoms with Crippen LogP contribution >= 0.6 is 0 Å². The summed E-state index contributed by atoms with van der Waals surface area (Å²) in [4.78, 5) is 27.9. The van der Waals surface area contributed by atoms with Crippen molar-refractivity contribution in [1.29, 1.82) is 0 Å². The molecule has 0 saturated heterocycles. The van der Waals surface area contributed by atoms with Gasteiger partial charge in [0.1, 0.15) is 11.8 Å². The van der Waals surface area contributed by atoms with E-state index < -0.39 is 21.6 Å². The maximum absolute atomic E-state index is 13.4. The predicted molar refractivity (Wildman–Crippen MR) is 144 cm³/mol. The molecule has 0 fully saturated rings. The number of nitrogens with one attached hydrogen (secondary N) is 1. The van der Waals surface area contributed by atoms with E-state index in [1.54, 1.807) is 36.1 Å². The summed E-state index contributed by atoms with van der Waals surface area (Å²) >= 11 is 0. The standard InChI is InChI=1S/C27H39N3O5S/c1-20-12-8-9-13-22(20)19-29(21(2)26(32)28-27(3,4)5)25(31)16-11-17-30(36(7,33)34)23-14-10-15-24(18-23)35-6/h8-10,12-15,18,21H,11,16-17,19H2,1-7H3,(H,28,32)/t21-/m1/s1. The summed E-state index contributed by atoms with van der Waals surface area (Å²) in [6.45, 7) is 9.77. The quantitative estimate of drug-likeness (QED) is 0.488. The number of methoxy groups -OCH3 is 1. The highest BCUT2D eigenvalue weighted by molar-refractivity contribution is 7.92. The molecule has 2 rings (SSSR count). The summed E-state index contributed by atoms with van der Waals surface area (Å²) in [5, 5.41) is 2.95. The van der Waals surface area contributed by atoms with Crippen molar-refractivity contribution in [2.45, 2.75) is 65.6 Å². The molecule has 0 heterocycles. The Labute approximate surface area is 215 Å². The van der Waals surface area contributed by atoms with Crippen molar-refractivity contribution in [2.75, 3.05) is 24.2 Å². The second-order valence-corrected chi connectivity index (χ2v) is 11.9. The highest BCUT2D eigenvalue weighted by Gasteiger charge is 2.29. The summed E-state index contributed by atoms with van der Waals surface area (Å²) in [6.07, 6.45) is 1.52. The van der Waals surface area contributed by atoms with Gasteiger partial charge in [-0.1, -0.05) is 30.3 Å². The van der Waals surface area contributed by atoms with E-state index in [4.69, 9.17) is 4.74 Å². The van der Waals surface area contributed by atoms with Crippen LogP contribution in [0.2, 0.25) is 0 Å². The van der Waals surface area contributed by atoms with Crippen LogP contribution in [0.4, 0.5) is 5.69 Å². The van der Waals surface area contributed by atoms with Gasteiger partial charge in [0.05, 0.1) is 19.1 Å². The average Bonchev–Trinajstić information content (AvgIpc) is 2.78. The summed E-state index contributed by atoms with van der Waals surface area (Å²) in [6, 6.07) is 13.8. The van der Waals surface area contributed by atoms with Gasteiger partial charge >= 0.3 is 0 Å². The van der Waals surface area contributed by atoms with Gasteiger partial charge in [-0.2, -0.15) is 0 Å². The van der Waals surface area contributed by atoms with Crippen LogP contribution in [0.1, 0.15) is 51.7 Å². The van der Waals surface area contributed by atoms with Gasteiger partial charge in [-0.3, -0.25) is 13.9 Å². The molecule has 2 aromatic rings. The van der Waals surface area contributed by atoms with E-state index in [9.17, 15) is 18.0 Å². The van der Waals surface area contributed by atoms with Crippen molar-refractivity contribution in [3.63, 3.8) is 0 Å². The van der Waals surface area contributed by atoms with E-state index in [1.807, 2.05) is 52.0 Å². The van der Waals surface area contributed by atoms with Gasteiger partial charge in [0.15, 0.2) is 0 Å². The molecule has 36 heavy (non-hydrogen) atoms. The van der Waals surface area contributed by atoms with Crippen molar-refractivity contribution in [2.24, 2.45) is 0 Å². The molecule has 0 aromatic heterocycles. The third-order valence-electron chi connectivity index (χ3n) is 5.76. The lowest BCUT2D eigenvalue weighted by Gasteiger charge is -2.32. The fourth-order valence-electron chi connectivity index (χ4n) is 3.80. The maximum Gasteiger partial charge on any atom is 0.242 e. The number of ether oxygens (including phenoxy) is 1. The normalized spacial score (nSPS) is 12.5. The Hall–Kier alpha value is -3.07. The molecule has 0 saturated carbocycles. The molecular formula is C27H39N3O5S. The zero-order valence-corrected chi connectivity index (χ0v) is 23.2. The van der Waals surface area contributed by atoms with Crippen LogP contribution in [0, 0.1) is 6.92 Å². The van der Waals surface area contributed by atoms with Crippen molar-refractivity contribution in [3.8, 4) is 5.75 Å². The molecular weight excluding hydrogens is 478 g/mol. The molecule has 2 aromatic carbocycles. The fraction of sp³-hybridized carbons (Fsp3) is 0.481. The Morgan fingerprint density at radius 2 is 1.75 bits per heavy atom. The molecule has 0 unspecified atom stereocenters. The minimum absolute atomic E-state index is 0.0923. The molecule has 198 valence electrons. The zero-order chi connectivity index (χ0) is 27.1. The van der Waals surface area contributed by atoms with Crippen LogP contribution in [-0.4, -0.2) is 56.6 Å². The number of aryl methyl sites for hydroxylation is 1. The molecule has 1 N–H and O–H groups in total. The molecule has 0 radical (unpaired) electrons. The monoisotopic (exact) mass is 517 g/mol. The molecule has 8 nitrogen and oxygen atoms in total. The highest BCUT2D eigenvalue weighted by Crippen LogP contribution is 2.24. The summed E-state index contributed by atoms with van der Waals surface area (Å²) in [5.74, 6) is 0.0906. The number of sulfonamides is 1. The number of hydrogen-bond donors (Lipinski definition) is 1. The lowest BCUT2D eigenvalue weighted by atomic mass is 10.1. The third kappa shape index (κ3) is 8.55. The Balaban J connectivity index is 2.21. The number of amides is 2. The zero-order valence-electron chi connectivity index (χ0n) is 22.4. The molecule has 0 aliphatic carbocycles. The van der Waals surface area contributed by atoms with Crippen molar-refractivity contribution >= 4 is 27.5 Å². The van der Waals surface area contributed by atoms with E-state index in [1.165, 1.54) is 11.4 Å². The number of carbonyl (C=O) groups excluding carboxylic acids is 2. The number of benzene rings is 2. The summed E-state index contributed by atoms with van der Waals surface area (Å²) in [5.41, 5.74) is 2.02. The van der Waals surface area contributed by atoms with Gasteiger partial charge < -0.3 is 15.0 Å². The van der Waals surface area contributed by atoms with Gasteiger partial charge in [0, 0.05) is 31.1 Å². The molecule has 2 amide bonds.